The van der Waals surface area contributed by atoms with Gasteiger partial charge in [0.1, 0.15) is 11.4 Å². The molecule has 1 atom stereocenters. The Morgan fingerprint density at radius 1 is 0.935 bits per heavy atom. The van der Waals surface area contributed by atoms with Gasteiger partial charge < -0.3 is 4.42 Å². The van der Waals surface area contributed by atoms with Gasteiger partial charge in [-0.2, -0.15) is 0 Å². The fourth-order valence-corrected chi connectivity index (χ4v) is 4.17. The van der Waals surface area contributed by atoms with Crippen LogP contribution in [0.15, 0.2) is 63.9 Å². The summed E-state index contributed by atoms with van der Waals surface area (Å²) in [6.07, 6.45) is 1.46. The van der Waals surface area contributed by atoms with Gasteiger partial charge in [-0.25, -0.2) is 4.98 Å². The molecule has 1 unspecified atom stereocenters. The molecule has 0 radical (unpaired) electrons. The van der Waals surface area contributed by atoms with Crippen molar-refractivity contribution in [1.82, 2.24) is 4.98 Å². The summed E-state index contributed by atoms with van der Waals surface area (Å²) in [5, 5.41) is 1.45. The van der Waals surface area contributed by atoms with Crippen molar-refractivity contribution in [2.24, 2.45) is 0 Å². The Labute approximate surface area is 187 Å². The van der Waals surface area contributed by atoms with Crippen LogP contribution in [-0.4, -0.2) is 10.9 Å². The summed E-state index contributed by atoms with van der Waals surface area (Å²) >= 11 is 12.1. The lowest BCUT2D eigenvalue weighted by atomic mass is 9.97. The number of hydrogen-bond acceptors (Lipinski definition) is 4. The van der Waals surface area contributed by atoms with Gasteiger partial charge in [0.25, 0.3) is 5.91 Å². The van der Waals surface area contributed by atoms with E-state index in [2.05, 4.69) is 4.98 Å². The first-order valence-electron chi connectivity index (χ1n) is 9.63. The molecule has 154 valence electrons. The zero-order chi connectivity index (χ0) is 21.9. The van der Waals surface area contributed by atoms with Crippen LogP contribution in [0.1, 0.15) is 38.9 Å². The van der Waals surface area contributed by atoms with Crippen LogP contribution >= 0.6 is 23.2 Å². The fraction of sp³-hybridized carbons (Fsp3) is 0.125. The summed E-state index contributed by atoms with van der Waals surface area (Å²) in [4.78, 5) is 32.9. The molecule has 3 heterocycles. The van der Waals surface area contributed by atoms with Crippen LogP contribution in [0.4, 0.5) is 5.82 Å². The predicted molar refractivity (Wildman–Crippen MR) is 121 cm³/mol. The van der Waals surface area contributed by atoms with E-state index < -0.39 is 11.9 Å². The summed E-state index contributed by atoms with van der Waals surface area (Å²) in [6, 6.07) is 13.2. The lowest BCUT2D eigenvalue weighted by Gasteiger charge is -2.24. The largest absolute Gasteiger partial charge is 0.450 e. The number of nitrogens with zero attached hydrogens (tertiary/aromatic N) is 2. The number of anilines is 1. The number of hydrogen-bond donors (Lipinski definition) is 0. The van der Waals surface area contributed by atoms with Crippen molar-refractivity contribution in [3.05, 3.63) is 103 Å². The highest BCUT2D eigenvalue weighted by Crippen LogP contribution is 2.41. The van der Waals surface area contributed by atoms with E-state index in [-0.39, 0.29) is 11.2 Å². The number of amides is 1. The van der Waals surface area contributed by atoms with E-state index in [1.807, 2.05) is 19.9 Å². The Hall–Kier alpha value is -3.15. The van der Waals surface area contributed by atoms with E-state index in [0.717, 1.165) is 16.7 Å². The average Bonchev–Trinajstić information content (AvgIpc) is 3.04. The number of halogens is 2. The van der Waals surface area contributed by atoms with E-state index >= 15 is 0 Å². The molecule has 2 aromatic heterocycles. The van der Waals surface area contributed by atoms with Crippen LogP contribution < -0.4 is 10.3 Å². The molecule has 7 heteroatoms. The molecule has 5 rings (SSSR count). The Morgan fingerprint density at radius 3 is 2.29 bits per heavy atom. The molecule has 1 aliphatic heterocycles. The molecular formula is C24H16Cl2N2O3. The predicted octanol–water partition coefficient (Wildman–Crippen LogP) is 5.86. The second-order valence-corrected chi connectivity index (χ2v) is 8.44. The van der Waals surface area contributed by atoms with Gasteiger partial charge in [0.05, 0.1) is 22.0 Å². The Balaban J connectivity index is 1.82. The van der Waals surface area contributed by atoms with Crippen LogP contribution in [0, 0.1) is 13.8 Å². The number of benzene rings is 2. The van der Waals surface area contributed by atoms with E-state index in [4.69, 9.17) is 27.6 Å². The SMILES string of the molecule is Cc1cc2oc3c(c(=O)c2cc1C)C(c1ccc(Cl)cc1)N(c1ccc(Cl)cn1)C3=O. The second-order valence-electron chi connectivity index (χ2n) is 7.57. The highest BCUT2D eigenvalue weighted by Gasteiger charge is 2.44. The van der Waals surface area contributed by atoms with Crippen molar-refractivity contribution < 1.29 is 9.21 Å². The molecule has 0 N–H and O–H groups in total. The monoisotopic (exact) mass is 450 g/mol. The van der Waals surface area contributed by atoms with Gasteiger partial charge in [-0.15, -0.1) is 0 Å². The van der Waals surface area contributed by atoms with Gasteiger partial charge in [0, 0.05) is 11.2 Å². The van der Waals surface area contributed by atoms with Crippen LogP contribution in [0.25, 0.3) is 11.0 Å². The van der Waals surface area contributed by atoms with Crippen molar-refractivity contribution in [2.75, 3.05) is 4.90 Å². The normalized spacial score (nSPS) is 15.5. The minimum absolute atomic E-state index is 0.0254. The third kappa shape index (κ3) is 3.12. The van der Waals surface area contributed by atoms with Gasteiger partial charge in [-0.1, -0.05) is 35.3 Å². The van der Waals surface area contributed by atoms with Crippen LogP contribution in [0.3, 0.4) is 0 Å². The quantitative estimate of drug-likeness (QED) is 0.383. The highest BCUT2D eigenvalue weighted by atomic mass is 35.5. The molecule has 4 aromatic rings. The van der Waals surface area contributed by atoms with Crippen LogP contribution in [-0.2, 0) is 0 Å². The number of carbonyl (C=O) groups excluding carboxylic acids is 1. The first-order valence-corrected chi connectivity index (χ1v) is 10.4. The molecule has 31 heavy (non-hydrogen) atoms. The molecule has 2 aromatic carbocycles. The van der Waals surface area contributed by atoms with E-state index in [0.29, 0.717) is 32.4 Å². The van der Waals surface area contributed by atoms with E-state index in [9.17, 15) is 9.59 Å². The van der Waals surface area contributed by atoms with Crippen molar-refractivity contribution in [2.45, 2.75) is 19.9 Å². The number of carbonyl (C=O) groups is 1. The molecule has 1 amide bonds. The number of pyridine rings is 1. The molecule has 0 fully saturated rings. The maximum absolute atomic E-state index is 13.6. The molecular weight excluding hydrogens is 435 g/mol. The summed E-state index contributed by atoms with van der Waals surface area (Å²) in [5.74, 6) is -0.0315. The molecule has 5 nitrogen and oxygen atoms in total. The zero-order valence-corrected chi connectivity index (χ0v) is 18.2. The molecule has 0 saturated heterocycles. The van der Waals surface area contributed by atoms with Gasteiger partial charge in [0.15, 0.2) is 5.43 Å². The van der Waals surface area contributed by atoms with Gasteiger partial charge in [-0.05, 0) is 66.9 Å². The van der Waals surface area contributed by atoms with Crippen molar-refractivity contribution in [1.29, 1.82) is 0 Å². The fourth-order valence-electron chi connectivity index (χ4n) is 3.94. The van der Waals surface area contributed by atoms with Crippen LogP contribution in [0.2, 0.25) is 10.0 Å². The third-order valence-electron chi connectivity index (χ3n) is 5.63. The summed E-state index contributed by atoms with van der Waals surface area (Å²) in [5.41, 5.74) is 3.13. The number of aryl methyl sites for hydroxylation is 2. The highest BCUT2D eigenvalue weighted by molar-refractivity contribution is 6.30. The summed E-state index contributed by atoms with van der Waals surface area (Å²) in [7, 11) is 0. The van der Waals surface area contributed by atoms with Crippen molar-refractivity contribution >= 4 is 45.9 Å². The molecule has 0 bridgehead atoms. The van der Waals surface area contributed by atoms with Crippen molar-refractivity contribution in [3.8, 4) is 0 Å². The Morgan fingerprint density at radius 2 is 1.61 bits per heavy atom. The minimum atomic E-state index is -0.698. The Bertz CT molecular complexity index is 1410. The summed E-state index contributed by atoms with van der Waals surface area (Å²) in [6.45, 7) is 3.87. The standard InChI is InChI=1S/C24H16Cl2N2O3/c1-12-9-17-18(10-13(12)2)31-23-20(22(17)29)21(14-3-5-15(25)6-4-14)28(24(23)30)19-8-7-16(26)11-27-19/h3-11,21H,1-2H3. The maximum atomic E-state index is 13.6. The third-order valence-corrected chi connectivity index (χ3v) is 6.11. The minimum Gasteiger partial charge on any atom is -0.450 e. The lowest BCUT2D eigenvalue weighted by Crippen LogP contribution is -2.30. The molecule has 1 aliphatic rings. The molecule has 0 saturated carbocycles. The first-order chi connectivity index (χ1) is 14.8. The van der Waals surface area contributed by atoms with Gasteiger partial charge in [0.2, 0.25) is 5.76 Å². The summed E-state index contributed by atoms with van der Waals surface area (Å²) < 4.78 is 6.01. The Kier molecular flexibility index (Phi) is 4.61. The topological polar surface area (TPSA) is 63.4 Å². The smallest absolute Gasteiger partial charge is 0.296 e. The first kappa shape index (κ1) is 19.8. The number of aromatic nitrogens is 1. The van der Waals surface area contributed by atoms with E-state index in [1.165, 1.54) is 11.1 Å². The van der Waals surface area contributed by atoms with E-state index in [1.54, 1.807) is 42.5 Å². The average molecular weight is 451 g/mol. The molecule has 0 aliphatic carbocycles. The second kappa shape index (κ2) is 7.22. The number of rotatable bonds is 2. The zero-order valence-electron chi connectivity index (χ0n) is 16.6. The lowest BCUT2D eigenvalue weighted by molar-refractivity contribution is 0.0970. The number of fused-ring (bicyclic) bond motifs is 2. The molecule has 0 spiro atoms. The maximum Gasteiger partial charge on any atom is 0.296 e. The van der Waals surface area contributed by atoms with Crippen molar-refractivity contribution in [3.63, 3.8) is 0 Å². The van der Waals surface area contributed by atoms with Gasteiger partial charge in [-0.3, -0.25) is 14.5 Å². The van der Waals surface area contributed by atoms with Crippen LogP contribution in [0.5, 0.6) is 0 Å². The van der Waals surface area contributed by atoms with Gasteiger partial charge >= 0.3 is 0 Å².